The molecular formula is C24H26N4O3. The maximum atomic E-state index is 13.3. The molecule has 0 radical (unpaired) electrons. The predicted molar refractivity (Wildman–Crippen MR) is 119 cm³/mol. The van der Waals surface area contributed by atoms with Crippen molar-refractivity contribution < 1.29 is 14.3 Å². The number of hydrogen-bond acceptors (Lipinski definition) is 5. The van der Waals surface area contributed by atoms with E-state index in [1.807, 2.05) is 35.0 Å². The number of para-hydroxylation sites is 2. The van der Waals surface area contributed by atoms with Gasteiger partial charge >= 0.3 is 5.97 Å². The third-order valence-corrected chi connectivity index (χ3v) is 5.45. The fourth-order valence-electron chi connectivity index (χ4n) is 3.96. The van der Waals surface area contributed by atoms with Crippen LogP contribution in [0.25, 0.3) is 5.69 Å². The van der Waals surface area contributed by atoms with Gasteiger partial charge in [0.15, 0.2) is 0 Å². The van der Waals surface area contributed by atoms with Gasteiger partial charge in [0.2, 0.25) is 0 Å². The lowest BCUT2D eigenvalue weighted by Gasteiger charge is -2.24. The second-order valence-corrected chi connectivity index (χ2v) is 7.44. The first-order valence-electron chi connectivity index (χ1n) is 10.6. The van der Waals surface area contributed by atoms with Crippen LogP contribution in [0.2, 0.25) is 0 Å². The van der Waals surface area contributed by atoms with Crippen LogP contribution in [0.5, 0.6) is 0 Å². The highest BCUT2D eigenvalue weighted by Crippen LogP contribution is 2.31. The van der Waals surface area contributed by atoms with Gasteiger partial charge in [-0.25, -0.2) is 9.48 Å². The highest BCUT2D eigenvalue weighted by Gasteiger charge is 2.27. The lowest BCUT2D eigenvalue weighted by Crippen LogP contribution is -2.29. The number of nitrogens with one attached hydrogen (secondary N) is 2. The Labute approximate surface area is 181 Å². The van der Waals surface area contributed by atoms with Crippen LogP contribution >= 0.6 is 0 Å². The molecule has 1 aromatic heterocycles. The minimum Gasteiger partial charge on any atom is -0.462 e. The Balaban J connectivity index is 1.69. The predicted octanol–water partition coefficient (Wildman–Crippen LogP) is 3.77. The number of rotatable bonds is 6. The van der Waals surface area contributed by atoms with E-state index in [-0.39, 0.29) is 18.4 Å². The monoisotopic (exact) mass is 418 g/mol. The summed E-state index contributed by atoms with van der Waals surface area (Å²) in [4.78, 5) is 25.6. The van der Waals surface area contributed by atoms with Gasteiger partial charge < -0.3 is 15.4 Å². The molecular weight excluding hydrogens is 392 g/mol. The Morgan fingerprint density at radius 3 is 2.52 bits per heavy atom. The summed E-state index contributed by atoms with van der Waals surface area (Å²) in [6, 6.07) is 16.7. The number of piperidine rings is 1. The quantitative estimate of drug-likeness (QED) is 0.595. The van der Waals surface area contributed by atoms with Gasteiger partial charge in [-0.1, -0.05) is 30.3 Å². The molecule has 2 aromatic carbocycles. The largest absolute Gasteiger partial charge is 0.462 e. The van der Waals surface area contributed by atoms with Crippen LogP contribution in [0.4, 0.5) is 5.69 Å². The van der Waals surface area contributed by atoms with E-state index in [0.29, 0.717) is 16.8 Å². The molecule has 1 saturated heterocycles. The molecule has 160 valence electrons. The van der Waals surface area contributed by atoms with Crippen LogP contribution in [0.15, 0.2) is 60.8 Å². The first-order valence-corrected chi connectivity index (χ1v) is 10.6. The number of aromatic nitrogens is 2. The molecule has 4 rings (SSSR count). The van der Waals surface area contributed by atoms with Crippen molar-refractivity contribution in [2.45, 2.75) is 25.7 Å². The molecule has 2 N–H and O–H groups in total. The summed E-state index contributed by atoms with van der Waals surface area (Å²) >= 11 is 0. The van der Waals surface area contributed by atoms with Crippen molar-refractivity contribution in [3.8, 4) is 5.69 Å². The van der Waals surface area contributed by atoms with Crippen molar-refractivity contribution in [1.82, 2.24) is 15.1 Å². The molecule has 1 amide bonds. The Morgan fingerprint density at radius 1 is 1.06 bits per heavy atom. The van der Waals surface area contributed by atoms with Gasteiger partial charge in [-0.15, -0.1) is 0 Å². The zero-order valence-corrected chi connectivity index (χ0v) is 17.5. The molecule has 0 spiro atoms. The first kappa shape index (κ1) is 20.8. The second-order valence-electron chi connectivity index (χ2n) is 7.44. The first-order chi connectivity index (χ1) is 15.2. The zero-order valence-electron chi connectivity index (χ0n) is 17.5. The second kappa shape index (κ2) is 9.57. The van der Waals surface area contributed by atoms with Crippen LogP contribution < -0.4 is 10.6 Å². The molecule has 1 fully saturated rings. The lowest BCUT2D eigenvalue weighted by atomic mass is 9.91. The van der Waals surface area contributed by atoms with E-state index in [2.05, 4.69) is 15.7 Å². The van der Waals surface area contributed by atoms with E-state index < -0.39 is 5.97 Å². The third kappa shape index (κ3) is 4.51. The van der Waals surface area contributed by atoms with Crippen LogP contribution in [0.3, 0.4) is 0 Å². The van der Waals surface area contributed by atoms with Gasteiger partial charge in [-0.2, -0.15) is 5.10 Å². The molecule has 7 nitrogen and oxygen atoms in total. The Hall–Kier alpha value is -3.45. The average molecular weight is 418 g/mol. The van der Waals surface area contributed by atoms with Crippen LogP contribution in [-0.2, 0) is 4.74 Å². The van der Waals surface area contributed by atoms with E-state index in [1.165, 1.54) is 0 Å². The number of anilines is 1. The Bertz CT molecular complexity index is 1060. The number of benzene rings is 2. The van der Waals surface area contributed by atoms with E-state index in [0.717, 1.165) is 37.3 Å². The Kier molecular flexibility index (Phi) is 6.43. The van der Waals surface area contributed by atoms with Crippen LogP contribution in [0, 0.1) is 0 Å². The molecule has 0 unspecified atom stereocenters. The molecule has 0 aliphatic carbocycles. The van der Waals surface area contributed by atoms with Crippen molar-refractivity contribution in [1.29, 1.82) is 0 Å². The third-order valence-electron chi connectivity index (χ3n) is 5.45. The summed E-state index contributed by atoms with van der Waals surface area (Å²) in [5, 5.41) is 10.8. The van der Waals surface area contributed by atoms with Crippen molar-refractivity contribution in [2.75, 3.05) is 25.0 Å². The molecule has 3 aromatic rings. The SMILES string of the molecule is CCOC(=O)c1ccccc1NC(=O)c1cnn(-c2ccccc2)c1C1CCNCC1. The summed E-state index contributed by atoms with van der Waals surface area (Å²) in [6.07, 6.45) is 3.48. The van der Waals surface area contributed by atoms with E-state index in [4.69, 9.17) is 4.74 Å². The standard InChI is InChI=1S/C24H26N4O3/c1-2-31-24(30)19-10-6-7-11-21(19)27-23(29)20-16-26-28(18-8-4-3-5-9-18)22(20)17-12-14-25-15-13-17/h3-11,16-17,25H,2,12-15H2,1H3,(H,27,29). The molecule has 0 bridgehead atoms. The molecule has 1 aliphatic rings. The average Bonchev–Trinajstić information content (AvgIpc) is 3.26. The highest BCUT2D eigenvalue weighted by molar-refractivity contribution is 6.08. The van der Waals surface area contributed by atoms with Crippen LogP contribution in [-0.4, -0.2) is 41.4 Å². The fourth-order valence-corrected chi connectivity index (χ4v) is 3.96. The summed E-state index contributed by atoms with van der Waals surface area (Å²) in [6.45, 7) is 3.82. The van der Waals surface area contributed by atoms with Gasteiger partial charge in [0.1, 0.15) is 0 Å². The number of carbonyl (C=O) groups excluding carboxylic acids is 2. The highest BCUT2D eigenvalue weighted by atomic mass is 16.5. The number of amides is 1. The van der Waals surface area contributed by atoms with E-state index in [1.54, 1.807) is 37.4 Å². The maximum Gasteiger partial charge on any atom is 0.340 e. The topological polar surface area (TPSA) is 85.2 Å². The minimum absolute atomic E-state index is 0.213. The zero-order chi connectivity index (χ0) is 21.6. The normalized spacial score (nSPS) is 14.2. The maximum absolute atomic E-state index is 13.3. The number of carbonyl (C=O) groups is 2. The number of nitrogens with zero attached hydrogens (tertiary/aromatic N) is 2. The van der Waals surface area contributed by atoms with Gasteiger partial charge in [0.05, 0.1) is 41.0 Å². The summed E-state index contributed by atoms with van der Waals surface area (Å²) in [7, 11) is 0. The van der Waals surface area contributed by atoms with Gasteiger partial charge in [-0.3, -0.25) is 4.79 Å². The summed E-state index contributed by atoms with van der Waals surface area (Å²) in [5.74, 6) is -0.533. The van der Waals surface area contributed by atoms with E-state index in [9.17, 15) is 9.59 Å². The minimum atomic E-state index is -0.461. The fraction of sp³-hybridized carbons (Fsp3) is 0.292. The lowest BCUT2D eigenvalue weighted by molar-refractivity contribution is 0.0527. The van der Waals surface area contributed by atoms with Crippen molar-refractivity contribution in [3.63, 3.8) is 0 Å². The molecule has 0 atom stereocenters. The van der Waals surface area contributed by atoms with Crippen LogP contribution in [0.1, 0.15) is 52.1 Å². The smallest absolute Gasteiger partial charge is 0.340 e. The van der Waals surface area contributed by atoms with Gasteiger partial charge in [0, 0.05) is 5.92 Å². The molecule has 0 saturated carbocycles. The van der Waals surface area contributed by atoms with Crippen molar-refractivity contribution in [3.05, 3.63) is 77.6 Å². The molecule has 7 heteroatoms. The van der Waals surface area contributed by atoms with Gasteiger partial charge in [-0.05, 0) is 57.1 Å². The number of esters is 1. The molecule has 31 heavy (non-hydrogen) atoms. The van der Waals surface area contributed by atoms with E-state index >= 15 is 0 Å². The number of ether oxygens (including phenoxy) is 1. The van der Waals surface area contributed by atoms with Crippen molar-refractivity contribution >= 4 is 17.6 Å². The molecule has 2 heterocycles. The van der Waals surface area contributed by atoms with Crippen molar-refractivity contribution in [2.24, 2.45) is 0 Å². The van der Waals surface area contributed by atoms with Gasteiger partial charge in [0.25, 0.3) is 5.91 Å². The number of hydrogen-bond donors (Lipinski definition) is 2. The molecule has 1 aliphatic heterocycles. The summed E-state index contributed by atoms with van der Waals surface area (Å²) in [5.41, 5.74) is 3.10. The summed E-state index contributed by atoms with van der Waals surface area (Å²) < 4.78 is 6.99. The Morgan fingerprint density at radius 2 is 1.77 bits per heavy atom.